The summed E-state index contributed by atoms with van der Waals surface area (Å²) in [6.07, 6.45) is 0.804. The van der Waals surface area contributed by atoms with Crippen LogP contribution in [0.5, 0.6) is 5.75 Å². The van der Waals surface area contributed by atoms with Crippen molar-refractivity contribution in [3.63, 3.8) is 0 Å². The minimum absolute atomic E-state index is 0.0530. The number of fused-ring (bicyclic) bond motifs is 1. The molecule has 1 saturated heterocycles. The van der Waals surface area contributed by atoms with Crippen LogP contribution in [0.1, 0.15) is 85.4 Å². The largest absolute Gasteiger partial charge is 0.497 e. The van der Waals surface area contributed by atoms with Gasteiger partial charge in [0.2, 0.25) is 11.8 Å². The zero-order valence-corrected chi connectivity index (χ0v) is 32.6. The topological polar surface area (TPSA) is 221 Å². The van der Waals surface area contributed by atoms with Crippen LogP contribution in [0.3, 0.4) is 0 Å². The van der Waals surface area contributed by atoms with E-state index in [9.17, 15) is 29.4 Å². The van der Waals surface area contributed by atoms with Crippen LogP contribution < -0.4 is 21.1 Å². The number of aliphatic hydroxyl groups is 2. The number of nitrogens with one attached hydrogen (secondary N) is 2. The van der Waals surface area contributed by atoms with E-state index in [1.165, 1.54) is 17.2 Å². The Kier molecular flexibility index (Phi) is 12.9. The lowest BCUT2D eigenvalue weighted by Crippen LogP contribution is -2.48. The number of hydrogen-bond donors (Lipinski definition) is 5. The predicted octanol–water partition coefficient (Wildman–Crippen LogP) is 3.30. The van der Waals surface area contributed by atoms with Gasteiger partial charge in [0.1, 0.15) is 35.8 Å². The highest BCUT2D eigenvalue weighted by atomic mass is 16.6. The maximum atomic E-state index is 13.7. The molecule has 0 radical (unpaired) electrons. The first-order valence-electron chi connectivity index (χ1n) is 18.7. The first-order chi connectivity index (χ1) is 26.1. The first-order valence-corrected chi connectivity index (χ1v) is 18.7. The molecule has 15 nitrogen and oxygen atoms in total. The number of amides is 2. The number of ether oxygens (including phenoxy) is 2. The fourth-order valence-electron chi connectivity index (χ4n) is 7.59. The summed E-state index contributed by atoms with van der Waals surface area (Å²) >= 11 is 0. The summed E-state index contributed by atoms with van der Waals surface area (Å²) in [6.45, 7) is 10.7. The molecule has 3 heterocycles. The zero-order valence-electron chi connectivity index (χ0n) is 32.6. The SMILES string of the molecule is CC[C@@H](CC[C@H](NC(=O)CC(C)(C)C1=C(C)C(=O)C(C)=C(C)C1=O)C(=O)NCCc1ccc(OC)cc1)C[C@H]1O[C@@H](n2cnc3c(N)ncnc32)[C@@H](O)C1O. The number of benzene rings is 1. The van der Waals surface area contributed by atoms with Gasteiger partial charge in [-0.25, -0.2) is 15.0 Å². The van der Waals surface area contributed by atoms with Gasteiger partial charge in [0.25, 0.3) is 0 Å². The molecule has 1 unspecified atom stereocenters. The number of hydrogen-bond acceptors (Lipinski definition) is 12. The van der Waals surface area contributed by atoms with Crippen LogP contribution in [0, 0.1) is 11.3 Å². The number of carbonyl (C=O) groups is 4. The summed E-state index contributed by atoms with van der Waals surface area (Å²) in [4.78, 5) is 66.1. The number of rotatable bonds is 16. The second kappa shape index (κ2) is 17.2. The Morgan fingerprint density at radius 1 is 1.00 bits per heavy atom. The van der Waals surface area contributed by atoms with E-state index in [0.717, 1.165) is 11.3 Å². The molecule has 2 aromatic heterocycles. The number of aromatic nitrogens is 4. The smallest absolute Gasteiger partial charge is 0.242 e. The molecular formula is C40H53N7O8. The molecule has 5 rings (SSSR count). The lowest BCUT2D eigenvalue weighted by atomic mass is 9.71. The Hall–Kier alpha value is -4.99. The number of ketones is 2. The van der Waals surface area contributed by atoms with Gasteiger partial charge in [0, 0.05) is 40.7 Å². The summed E-state index contributed by atoms with van der Waals surface area (Å²) in [5, 5.41) is 27.9. The lowest BCUT2D eigenvalue weighted by Gasteiger charge is -2.32. The Balaban J connectivity index is 1.27. The summed E-state index contributed by atoms with van der Waals surface area (Å²) in [6, 6.07) is 6.63. The molecule has 1 aliphatic heterocycles. The number of anilines is 1. The van der Waals surface area contributed by atoms with Crippen molar-refractivity contribution in [2.45, 2.75) is 111 Å². The fourth-order valence-corrected chi connectivity index (χ4v) is 7.59. The molecule has 3 aromatic rings. The van der Waals surface area contributed by atoms with Gasteiger partial charge >= 0.3 is 0 Å². The van der Waals surface area contributed by atoms with Crippen molar-refractivity contribution in [1.82, 2.24) is 30.2 Å². The number of imidazole rings is 1. The highest BCUT2D eigenvalue weighted by Crippen LogP contribution is 2.39. The summed E-state index contributed by atoms with van der Waals surface area (Å²) in [5.74, 6) is -0.407. The number of nitrogen functional groups attached to an aromatic ring is 1. The van der Waals surface area contributed by atoms with E-state index < -0.39 is 41.9 Å². The van der Waals surface area contributed by atoms with Crippen molar-refractivity contribution in [2.75, 3.05) is 19.4 Å². The van der Waals surface area contributed by atoms with Crippen molar-refractivity contribution in [2.24, 2.45) is 11.3 Å². The van der Waals surface area contributed by atoms with Crippen molar-refractivity contribution in [1.29, 1.82) is 0 Å². The molecule has 6 N–H and O–H groups in total. The third kappa shape index (κ3) is 8.95. The molecule has 1 fully saturated rings. The number of Topliss-reactive ketones (excluding diaryl/α,β-unsaturated/α-hetero) is 2. The van der Waals surface area contributed by atoms with E-state index in [1.54, 1.807) is 41.7 Å². The van der Waals surface area contributed by atoms with Gasteiger partial charge in [-0.15, -0.1) is 0 Å². The Bertz CT molecular complexity index is 1990. The number of nitrogens with zero attached hydrogens (tertiary/aromatic N) is 4. The molecule has 296 valence electrons. The van der Waals surface area contributed by atoms with Gasteiger partial charge in [0.05, 0.1) is 19.5 Å². The Morgan fingerprint density at radius 3 is 2.36 bits per heavy atom. The van der Waals surface area contributed by atoms with E-state index >= 15 is 0 Å². The monoisotopic (exact) mass is 759 g/mol. The number of aliphatic hydroxyl groups excluding tert-OH is 2. The van der Waals surface area contributed by atoms with Crippen LogP contribution >= 0.6 is 0 Å². The maximum Gasteiger partial charge on any atom is 0.242 e. The molecule has 1 aliphatic carbocycles. The molecule has 2 aliphatic rings. The quantitative estimate of drug-likeness (QED) is 0.133. The second-order valence-electron chi connectivity index (χ2n) is 15.2. The second-order valence-corrected chi connectivity index (χ2v) is 15.2. The summed E-state index contributed by atoms with van der Waals surface area (Å²) in [5.41, 5.74) is 8.06. The standard InChI is InChI=1S/C40H53N7O8/c1-8-24(17-28-34(51)35(52)39(55-28)47-20-45-31-36(41)43-19-44-37(31)47)11-14-27(38(53)42-16-15-25-9-12-26(54-7)13-10-25)46-29(48)18-40(5,6)30-23(4)32(49)21(2)22(3)33(30)50/h9-10,12-13,19-20,24,27-28,34-35,39,51-52H,8,11,14-18H2,1-7H3,(H,42,53)(H,46,48)(H2,41,43,44)/t24-,27-,28+,34?,35-,39+/m0/s1. The minimum Gasteiger partial charge on any atom is -0.497 e. The molecule has 2 amide bonds. The van der Waals surface area contributed by atoms with E-state index in [-0.39, 0.29) is 42.1 Å². The van der Waals surface area contributed by atoms with Gasteiger partial charge in [-0.3, -0.25) is 23.7 Å². The summed E-state index contributed by atoms with van der Waals surface area (Å²) < 4.78 is 13.0. The minimum atomic E-state index is -1.27. The van der Waals surface area contributed by atoms with E-state index in [4.69, 9.17) is 15.2 Å². The predicted molar refractivity (Wildman–Crippen MR) is 204 cm³/mol. The average Bonchev–Trinajstić information content (AvgIpc) is 3.71. The third-order valence-corrected chi connectivity index (χ3v) is 11.0. The van der Waals surface area contributed by atoms with Crippen molar-refractivity contribution in [3.8, 4) is 5.75 Å². The molecule has 15 heteroatoms. The van der Waals surface area contributed by atoms with Gasteiger partial charge in [-0.2, -0.15) is 0 Å². The third-order valence-electron chi connectivity index (χ3n) is 11.0. The number of allylic oxidation sites excluding steroid dienone is 4. The molecule has 0 spiro atoms. The van der Waals surface area contributed by atoms with Gasteiger partial charge in [0.15, 0.2) is 29.3 Å². The molecule has 0 bridgehead atoms. The highest BCUT2D eigenvalue weighted by molar-refractivity contribution is 6.25. The van der Waals surface area contributed by atoms with Gasteiger partial charge in [-0.1, -0.05) is 39.3 Å². The highest BCUT2D eigenvalue weighted by Gasteiger charge is 2.45. The molecule has 6 atom stereocenters. The molecular weight excluding hydrogens is 706 g/mol. The van der Waals surface area contributed by atoms with Crippen molar-refractivity contribution in [3.05, 3.63) is 64.8 Å². The first kappa shape index (κ1) is 41.2. The molecule has 55 heavy (non-hydrogen) atoms. The fraction of sp³-hybridized carbons (Fsp3) is 0.525. The normalized spacial score (nSPS) is 21.6. The lowest BCUT2D eigenvalue weighted by molar-refractivity contribution is -0.130. The Labute approximate surface area is 320 Å². The number of methoxy groups -OCH3 is 1. The van der Waals surface area contributed by atoms with Crippen LogP contribution in [0.4, 0.5) is 5.82 Å². The Morgan fingerprint density at radius 2 is 1.69 bits per heavy atom. The number of nitrogens with two attached hydrogens (primary N) is 1. The maximum absolute atomic E-state index is 13.7. The van der Waals surface area contributed by atoms with E-state index in [1.807, 2.05) is 31.2 Å². The van der Waals surface area contributed by atoms with Crippen molar-refractivity contribution < 1.29 is 38.9 Å². The van der Waals surface area contributed by atoms with Crippen LogP contribution in [0.15, 0.2) is 59.2 Å². The van der Waals surface area contributed by atoms with Crippen molar-refractivity contribution >= 4 is 40.4 Å². The summed E-state index contributed by atoms with van der Waals surface area (Å²) in [7, 11) is 1.59. The van der Waals surface area contributed by atoms with E-state index in [2.05, 4.69) is 25.6 Å². The van der Waals surface area contributed by atoms with E-state index in [0.29, 0.717) is 65.7 Å². The molecule has 1 aromatic carbocycles. The number of carbonyl (C=O) groups excluding carboxylic acids is 4. The molecule has 0 saturated carbocycles. The van der Waals surface area contributed by atoms with Crippen LogP contribution in [0.25, 0.3) is 11.2 Å². The van der Waals surface area contributed by atoms with Crippen LogP contribution in [-0.4, -0.2) is 91.1 Å². The average molecular weight is 760 g/mol. The van der Waals surface area contributed by atoms with Crippen LogP contribution in [0.2, 0.25) is 0 Å². The zero-order chi connectivity index (χ0) is 40.2. The van der Waals surface area contributed by atoms with Crippen LogP contribution in [-0.2, 0) is 30.3 Å². The van der Waals surface area contributed by atoms with Gasteiger partial charge in [-0.05, 0) is 70.1 Å². The van der Waals surface area contributed by atoms with Gasteiger partial charge < -0.3 is 36.1 Å².